The monoisotopic (exact) mass is 403 g/mol. The molecule has 2 aromatic carbocycles. The smallest absolute Gasteiger partial charge is 0.271 e. The third kappa shape index (κ3) is 4.75. The summed E-state index contributed by atoms with van der Waals surface area (Å²) >= 11 is 0. The van der Waals surface area contributed by atoms with E-state index in [1.54, 1.807) is 19.2 Å². The van der Waals surface area contributed by atoms with Crippen LogP contribution >= 0.6 is 0 Å². The molecule has 0 aromatic heterocycles. The fourth-order valence-electron chi connectivity index (χ4n) is 2.69. The highest BCUT2D eigenvalue weighted by Gasteiger charge is 2.26. The number of hydrogen-bond donors (Lipinski definition) is 1. The Kier molecular flexibility index (Phi) is 6.40. The second-order valence-electron chi connectivity index (χ2n) is 6.02. The first kappa shape index (κ1) is 20.0. The molecule has 1 N–H and O–H groups in total. The number of ether oxygens (including phenoxy) is 2. The van der Waals surface area contributed by atoms with Crippen LogP contribution in [0.4, 0.5) is 0 Å². The van der Waals surface area contributed by atoms with Gasteiger partial charge in [0, 0.05) is 18.7 Å². The van der Waals surface area contributed by atoms with E-state index in [4.69, 9.17) is 9.47 Å². The summed E-state index contributed by atoms with van der Waals surface area (Å²) < 4.78 is 37.1. The van der Waals surface area contributed by atoms with Crippen LogP contribution in [-0.2, 0) is 14.8 Å². The zero-order chi connectivity index (χ0) is 20.0. The molecule has 0 aliphatic carbocycles. The normalized spacial score (nSPS) is 15.5. The Morgan fingerprint density at radius 3 is 2.68 bits per heavy atom. The van der Waals surface area contributed by atoms with Crippen LogP contribution in [0.25, 0.3) is 0 Å². The maximum Gasteiger partial charge on any atom is 0.271 e. The minimum atomic E-state index is -3.67. The van der Waals surface area contributed by atoms with Gasteiger partial charge in [-0.1, -0.05) is 18.2 Å². The van der Waals surface area contributed by atoms with Crippen LogP contribution in [-0.4, -0.2) is 58.3 Å². The van der Waals surface area contributed by atoms with Gasteiger partial charge in [-0.3, -0.25) is 4.79 Å². The van der Waals surface area contributed by atoms with E-state index in [2.05, 4.69) is 10.5 Å². The standard InChI is InChI=1S/C19H21N3O5S/c1-26-17-6-2-4-15(12-17)14-20-21-19(23)16-5-3-7-18(13-16)28(24,25)22-8-10-27-11-9-22/h2-7,12-14H,8-11H2,1H3,(H,21,23)/b20-14+. The summed E-state index contributed by atoms with van der Waals surface area (Å²) in [6.07, 6.45) is 1.48. The van der Waals surface area contributed by atoms with Crippen molar-refractivity contribution in [2.75, 3.05) is 33.4 Å². The van der Waals surface area contributed by atoms with Gasteiger partial charge in [-0.05, 0) is 35.9 Å². The van der Waals surface area contributed by atoms with E-state index in [1.165, 1.54) is 34.8 Å². The molecule has 3 rings (SSSR count). The van der Waals surface area contributed by atoms with Crippen molar-refractivity contribution in [3.8, 4) is 5.75 Å². The number of morpholine rings is 1. The molecule has 0 atom stereocenters. The number of carbonyl (C=O) groups excluding carboxylic acids is 1. The zero-order valence-corrected chi connectivity index (χ0v) is 16.2. The van der Waals surface area contributed by atoms with E-state index in [0.29, 0.717) is 32.1 Å². The molecule has 1 heterocycles. The molecule has 1 aliphatic heterocycles. The van der Waals surface area contributed by atoms with Gasteiger partial charge >= 0.3 is 0 Å². The summed E-state index contributed by atoms with van der Waals surface area (Å²) in [5.41, 5.74) is 3.36. The summed E-state index contributed by atoms with van der Waals surface area (Å²) in [5, 5.41) is 3.92. The number of rotatable bonds is 6. The highest BCUT2D eigenvalue weighted by atomic mass is 32.2. The van der Waals surface area contributed by atoms with E-state index in [9.17, 15) is 13.2 Å². The van der Waals surface area contributed by atoms with E-state index >= 15 is 0 Å². The van der Waals surface area contributed by atoms with E-state index < -0.39 is 15.9 Å². The summed E-state index contributed by atoms with van der Waals surface area (Å²) in [5.74, 6) is 0.175. The molecular weight excluding hydrogens is 382 g/mol. The van der Waals surface area contributed by atoms with E-state index in [0.717, 1.165) is 5.56 Å². The Bertz CT molecular complexity index is 969. The van der Waals surface area contributed by atoms with Crippen molar-refractivity contribution in [3.63, 3.8) is 0 Å². The first-order valence-electron chi connectivity index (χ1n) is 8.66. The molecule has 9 heteroatoms. The Hall–Kier alpha value is -2.75. The molecule has 0 spiro atoms. The van der Waals surface area contributed by atoms with Gasteiger partial charge in [0.1, 0.15) is 5.75 Å². The molecule has 8 nitrogen and oxygen atoms in total. The molecule has 1 fully saturated rings. The highest BCUT2D eigenvalue weighted by Crippen LogP contribution is 2.18. The number of hydrazone groups is 1. The molecule has 0 saturated carbocycles. The fourth-order valence-corrected chi connectivity index (χ4v) is 4.14. The molecule has 1 aliphatic rings. The number of hydrogen-bond acceptors (Lipinski definition) is 6. The lowest BCUT2D eigenvalue weighted by Gasteiger charge is -2.26. The Labute approximate surface area is 163 Å². The SMILES string of the molecule is COc1cccc(/C=N/NC(=O)c2cccc(S(=O)(=O)N3CCOCC3)c2)c1. The average molecular weight is 403 g/mol. The van der Waals surface area contributed by atoms with Crippen LogP contribution in [0.5, 0.6) is 5.75 Å². The lowest BCUT2D eigenvalue weighted by Crippen LogP contribution is -2.40. The maximum absolute atomic E-state index is 12.7. The van der Waals surface area contributed by atoms with Gasteiger partial charge in [-0.25, -0.2) is 13.8 Å². The zero-order valence-electron chi connectivity index (χ0n) is 15.4. The van der Waals surface area contributed by atoms with Crippen molar-refractivity contribution in [2.24, 2.45) is 5.10 Å². The van der Waals surface area contributed by atoms with Crippen molar-refractivity contribution < 1.29 is 22.7 Å². The number of nitrogens with zero attached hydrogens (tertiary/aromatic N) is 2. The maximum atomic E-state index is 12.7. The van der Waals surface area contributed by atoms with Gasteiger partial charge in [-0.15, -0.1) is 0 Å². The predicted octanol–water partition coefficient (Wildman–Crippen LogP) is 1.48. The summed E-state index contributed by atoms with van der Waals surface area (Å²) in [6, 6.07) is 13.1. The average Bonchev–Trinajstić information content (AvgIpc) is 2.74. The molecule has 148 valence electrons. The topological polar surface area (TPSA) is 97.3 Å². The molecule has 0 radical (unpaired) electrons. The Morgan fingerprint density at radius 2 is 1.93 bits per heavy atom. The van der Waals surface area contributed by atoms with Gasteiger partial charge in [0.15, 0.2) is 0 Å². The first-order chi connectivity index (χ1) is 13.5. The van der Waals surface area contributed by atoms with Crippen molar-refractivity contribution in [1.29, 1.82) is 0 Å². The number of carbonyl (C=O) groups is 1. The van der Waals surface area contributed by atoms with Crippen molar-refractivity contribution in [3.05, 3.63) is 59.7 Å². The minimum Gasteiger partial charge on any atom is -0.497 e. The fraction of sp³-hybridized carbons (Fsp3) is 0.263. The van der Waals surface area contributed by atoms with Gasteiger partial charge in [-0.2, -0.15) is 9.41 Å². The third-order valence-electron chi connectivity index (χ3n) is 4.18. The summed E-state index contributed by atoms with van der Waals surface area (Å²) in [6.45, 7) is 1.31. The van der Waals surface area contributed by atoms with Crippen LogP contribution in [0, 0.1) is 0 Å². The molecule has 1 saturated heterocycles. The van der Waals surface area contributed by atoms with Crippen molar-refractivity contribution >= 4 is 22.1 Å². The molecular formula is C19H21N3O5S. The second kappa shape index (κ2) is 8.96. The first-order valence-corrected chi connectivity index (χ1v) is 10.1. The summed E-state index contributed by atoms with van der Waals surface area (Å²) in [7, 11) is -2.10. The Morgan fingerprint density at radius 1 is 1.18 bits per heavy atom. The lowest BCUT2D eigenvalue weighted by atomic mass is 10.2. The molecule has 0 bridgehead atoms. The van der Waals surface area contributed by atoms with Crippen molar-refractivity contribution in [2.45, 2.75) is 4.90 Å². The second-order valence-corrected chi connectivity index (χ2v) is 7.96. The molecule has 28 heavy (non-hydrogen) atoms. The molecule has 1 amide bonds. The van der Waals surface area contributed by atoms with Gasteiger partial charge < -0.3 is 9.47 Å². The van der Waals surface area contributed by atoms with Crippen LogP contribution in [0.3, 0.4) is 0 Å². The van der Waals surface area contributed by atoms with Gasteiger partial charge in [0.2, 0.25) is 10.0 Å². The van der Waals surface area contributed by atoms with E-state index in [-0.39, 0.29) is 10.5 Å². The van der Waals surface area contributed by atoms with Gasteiger partial charge in [0.25, 0.3) is 5.91 Å². The summed E-state index contributed by atoms with van der Waals surface area (Å²) in [4.78, 5) is 12.4. The quantitative estimate of drug-likeness (QED) is 0.582. The minimum absolute atomic E-state index is 0.0684. The number of amides is 1. The molecule has 0 unspecified atom stereocenters. The molecule has 2 aromatic rings. The van der Waals surface area contributed by atoms with Crippen molar-refractivity contribution in [1.82, 2.24) is 9.73 Å². The van der Waals surface area contributed by atoms with E-state index in [1.807, 2.05) is 12.1 Å². The number of sulfonamides is 1. The number of benzene rings is 2. The third-order valence-corrected chi connectivity index (χ3v) is 6.07. The van der Waals surface area contributed by atoms with Crippen LogP contribution in [0.2, 0.25) is 0 Å². The van der Waals surface area contributed by atoms with Gasteiger partial charge in [0.05, 0.1) is 31.4 Å². The lowest BCUT2D eigenvalue weighted by molar-refractivity contribution is 0.0730. The van der Waals surface area contributed by atoms with Crippen LogP contribution < -0.4 is 10.2 Å². The number of methoxy groups -OCH3 is 1. The largest absolute Gasteiger partial charge is 0.497 e. The highest BCUT2D eigenvalue weighted by molar-refractivity contribution is 7.89. The van der Waals surface area contributed by atoms with Crippen LogP contribution in [0.15, 0.2) is 58.5 Å². The van der Waals surface area contributed by atoms with Crippen LogP contribution in [0.1, 0.15) is 15.9 Å². The Balaban J connectivity index is 1.70. The number of nitrogens with one attached hydrogen (secondary N) is 1. The predicted molar refractivity (Wildman–Crippen MR) is 104 cm³/mol.